The Morgan fingerprint density at radius 2 is 1.33 bits per heavy atom. The summed E-state index contributed by atoms with van der Waals surface area (Å²) in [6, 6.07) is 7.51. The van der Waals surface area contributed by atoms with Crippen LogP contribution in [-0.2, 0) is 6.42 Å². The minimum Gasteiger partial charge on any atom is -0.393 e. The van der Waals surface area contributed by atoms with Crippen molar-refractivity contribution in [3.05, 3.63) is 35.4 Å². The molecule has 1 rings (SSSR count). The van der Waals surface area contributed by atoms with Gasteiger partial charge in [-0.1, -0.05) is 102 Å². The van der Waals surface area contributed by atoms with E-state index in [0.29, 0.717) is 12.0 Å². The molecule has 0 radical (unpaired) electrons. The average molecular weight is 333 g/mol. The van der Waals surface area contributed by atoms with Crippen molar-refractivity contribution >= 4 is 6.29 Å². The molecule has 1 N–H and O–H groups in total. The lowest BCUT2D eigenvalue weighted by atomic mass is 10.0. The third-order valence-corrected chi connectivity index (χ3v) is 4.73. The number of hydrogen-bond donors (Lipinski definition) is 1. The molecular weight excluding hydrogens is 296 g/mol. The van der Waals surface area contributed by atoms with Crippen molar-refractivity contribution in [1.82, 2.24) is 0 Å². The van der Waals surface area contributed by atoms with E-state index in [4.69, 9.17) is 0 Å². The van der Waals surface area contributed by atoms with Crippen LogP contribution in [0, 0.1) is 0 Å². The highest BCUT2D eigenvalue weighted by atomic mass is 16.3. The van der Waals surface area contributed by atoms with Crippen molar-refractivity contribution in [3.63, 3.8) is 0 Å². The third kappa shape index (κ3) is 10.6. The molecule has 0 bridgehead atoms. The zero-order chi connectivity index (χ0) is 17.5. The maximum atomic E-state index is 10.6. The SMILES string of the molecule is CCCCCCCCCCCCCC(O)Cc1ccc(C=O)cc1. The number of aliphatic hydroxyl groups excluding tert-OH is 1. The van der Waals surface area contributed by atoms with Crippen LogP contribution in [-0.4, -0.2) is 17.5 Å². The van der Waals surface area contributed by atoms with E-state index < -0.39 is 0 Å². The molecule has 136 valence electrons. The van der Waals surface area contributed by atoms with E-state index in [0.717, 1.165) is 24.7 Å². The van der Waals surface area contributed by atoms with Crippen LogP contribution >= 0.6 is 0 Å². The van der Waals surface area contributed by atoms with Crippen LogP contribution in [0.2, 0.25) is 0 Å². The number of aliphatic hydroxyl groups is 1. The molecule has 0 saturated heterocycles. The molecule has 1 atom stereocenters. The van der Waals surface area contributed by atoms with E-state index in [1.165, 1.54) is 64.2 Å². The van der Waals surface area contributed by atoms with Crippen molar-refractivity contribution in [3.8, 4) is 0 Å². The van der Waals surface area contributed by atoms with Gasteiger partial charge in [0, 0.05) is 5.56 Å². The summed E-state index contributed by atoms with van der Waals surface area (Å²) in [5.41, 5.74) is 1.80. The largest absolute Gasteiger partial charge is 0.393 e. The minimum absolute atomic E-state index is 0.259. The van der Waals surface area contributed by atoms with E-state index >= 15 is 0 Å². The number of benzene rings is 1. The molecule has 0 aliphatic heterocycles. The molecule has 24 heavy (non-hydrogen) atoms. The maximum Gasteiger partial charge on any atom is 0.150 e. The molecule has 1 aromatic carbocycles. The molecule has 0 aliphatic rings. The van der Waals surface area contributed by atoms with Gasteiger partial charge in [-0.3, -0.25) is 4.79 Å². The lowest BCUT2D eigenvalue weighted by Crippen LogP contribution is -2.10. The second kappa shape index (κ2) is 14.2. The highest BCUT2D eigenvalue weighted by molar-refractivity contribution is 5.74. The second-order valence-corrected chi connectivity index (χ2v) is 7.04. The molecular formula is C22H36O2. The Hall–Kier alpha value is -1.15. The van der Waals surface area contributed by atoms with Gasteiger partial charge in [0.05, 0.1) is 6.10 Å². The first-order chi connectivity index (χ1) is 11.8. The van der Waals surface area contributed by atoms with Crippen LogP contribution in [0.5, 0.6) is 0 Å². The molecule has 0 heterocycles. The number of carbonyl (C=O) groups is 1. The van der Waals surface area contributed by atoms with Gasteiger partial charge in [0.1, 0.15) is 6.29 Å². The number of aldehydes is 1. The summed E-state index contributed by atoms with van der Waals surface area (Å²) in [4.78, 5) is 10.6. The Kier molecular flexibility index (Phi) is 12.4. The van der Waals surface area contributed by atoms with Crippen LogP contribution < -0.4 is 0 Å². The average Bonchev–Trinajstić information content (AvgIpc) is 2.60. The van der Waals surface area contributed by atoms with Crippen LogP contribution in [0.25, 0.3) is 0 Å². The van der Waals surface area contributed by atoms with Gasteiger partial charge < -0.3 is 5.11 Å². The molecule has 1 aromatic rings. The molecule has 0 aromatic heterocycles. The normalized spacial score (nSPS) is 12.2. The third-order valence-electron chi connectivity index (χ3n) is 4.73. The van der Waals surface area contributed by atoms with Gasteiger partial charge in [0.2, 0.25) is 0 Å². The maximum absolute atomic E-state index is 10.6. The number of unbranched alkanes of at least 4 members (excludes halogenated alkanes) is 10. The topological polar surface area (TPSA) is 37.3 Å². The van der Waals surface area contributed by atoms with E-state index in [-0.39, 0.29) is 6.10 Å². The van der Waals surface area contributed by atoms with Gasteiger partial charge in [0.15, 0.2) is 0 Å². The first-order valence-electron chi connectivity index (χ1n) is 9.98. The van der Waals surface area contributed by atoms with Crippen molar-refractivity contribution in [2.75, 3.05) is 0 Å². The van der Waals surface area contributed by atoms with Crippen LogP contribution in [0.15, 0.2) is 24.3 Å². The van der Waals surface area contributed by atoms with E-state index in [1.54, 1.807) is 0 Å². The Bertz CT molecular complexity index is 410. The van der Waals surface area contributed by atoms with Crippen molar-refractivity contribution in [2.24, 2.45) is 0 Å². The fourth-order valence-electron chi connectivity index (χ4n) is 3.15. The van der Waals surface area contributed by atoms with Gasteiger partial charge in [-0.25, -0.2) is 0 Å². The monoisotopic (exact) mass is 332 g/mol. The summed E-state index contributed by atoms with van der Waals surface area (Å²) in [6.45, 7) is 2.26. The highest BCUT2D eigenvalue weighted by Gasteiger charge is 2.05. The zero-order valence-electron chi connectivity index (χ0n) is 15.5. The second-order valence-electron chi connectivity index (χ2n) is 7.04. The summed E-state index contributed by atoms with van der Waals surface area (Å²) >= 11 is 0. The molecule has 0 saturated carbocycles. The van der Waals surface area contributed by atoms with Crippen molar-refractivity contribution in [2.45, 2.75) is 96.5 Å². The van der Waals surface area contributed by atoms with Crippen LogP contribution in [0.4, 0.5) is 0 Å². The molecule has 2 nitrogen and oxygen atoms in total. The van der Waals surface area contributed by atoms with E-state index in [9.17, 15) is 9.90 Å². The number of rotatable bonds is 15. The quantitative estimate of drug-likeness (QED) is 0.311. The molecule has 0 aliphatic carbocycles. The first kappa shape index (κ1) is 20.9. The fraction of sp³-hybridized carbons (Fsp3) is 0.682. The number of hydrogen-bond acceptors (Lipinski definition) is 2. The summed E-state index contributed by atoms with van der Waals surface area (Å²) in [7, 11) is 0. The van der Waals surface area contributed by atoms with Crippen molar-refractivity contribution in [1.29, 1.82) is 0 Å². The summed E-state index contributed by atoms with van der Waals surface area (Å²) in [5.74, 6) is 0. The van der Waals surface area contributed by atoms with Gasteiger partial charge in [-0.15, -0.1) is 0 Å². The predicted molar refractivity (Wildman–Crippen MR) is 103 cm³/mol. The van der Waals surface area contributed by atoms with E-state index in [1.807, 2.05) is 24.3 Å². The Labute approximate surface area is 148 Å². The van der Waals surface area contributed by atoms with Gasteiger partial charge >= 0.3 is 0 Å². The smallest absolute Gasteiger partial charge is 0.150 e. The lowest BCUT2D eigenvalue weighted by Gasteiger charge is -2.10. The summed E-state index contributed by atoms with van der Waals surface area (Å²) < 4.78 is 0. The molecule has 0 spiro atoms. The predicted octanol–water partition coefficient (Wildman–Crippen LogP) is 6.10. The fourth-order valence-corrected chi connectivity index (χ4v) is 3.15. The molecule has 1 unspecified atom stereocenters. The number of carbonyl (C=O) groups excluding carboxylic acids is 1. The van der Waals surface area contributed by atoms with Gasteiger partial charge in [-0.05, 0) is 18.4 Å². The molecule has 2 heteroatoms. The van der Waals surface area contributed by atoms with E-state index in [2.05, 4.69) is 6.92 Å². The summed E-state index contributed by atoms with van der Waals surface area (Å²) in [5, 5.41) is 10.1. The van der Waals surface area contributed by atoms with Crippen molar-refractivity contribution < 1.29 is 9.90 Å². The first-order valence-corrected chi connectivity index (χ1v) is 9.98. The van der Waals surface area contributed by atoms with Gasteiger partial charge in [-0.2, -0.15) is 0 Å². The minimum atomic E-state index is -0.259. The standard InChI is InChI=1S/C22H36O2/c1-2-3-4-5-6-7-8-9-10-11-12-13-22(24)18-20-14-16-21(19-23)17-15-20/h14-17,19,22,24H,2-13,18H2,1H3. The van der Waals surface area contributed by atoms with Crippen LogP contribution in [0.3, 0.4) is 0 Å². The Balaban J connectivity index is 1.93. The molecule has 0 fully saturated rings. The Morgan fingerprint density at radius 3 is 1.83 bits per heavy atom. The highest BCUT2D eigenvalue weighted by Crippen LogP contribution is 2.14. The van der Waals surface area contributed by atoms with Gasteiger partial charge in [0.25, 0.3) is 0 Å². The zero-order valence-corrected chi connectivity index (χ0v) is 15.5. The lowest BCUT2D eigenvalue weighted by molar-refractivity contribution is 0.112. The summed E-state index contributed by atoms with van der Waals surface area (Å²) in [6.07, 6.45) is 16.9. The molecule has 0 amide bonds. The Morgan fingerprint density at radius 1 is 0.833 bits per heavy atom. The van der Waals surface area contributed by atoms with Crippen LogP contribution in [0.1, 0.15) is 99.9 Å².